The second kappa shape index (κ2) is 6.10. The van der Waals surface area contributed by atoms with Crippen LogP contribution in [0, 0.1) is 0 Å². The number of carboxylic acid groups (broad SMARTS) is 1. The Morgan fingerprint density at radius 3 is 2.45 bits per heavy atom. The van der Waals surface area contributed by atoms with Crippen LogP contribution in [-0.2, 0) is 6.61 Å². The van der Waals surface area contributed by atoms with Gasteiger partial charge in [-0.2, -0.15) is 0 Å². The Kier molecular flexibility index (Phi) is 4.25. The van der Waals surface area contributed by atoms with Crippen LogP contribution < -0.4 is 9.64 Å². The number of rotatable bonds is 5. The van der Waals surface area contributed by atoms with Crippen LogP contribution in [0.5, 0.6) is 5.75 Å². The van der Waals surface area contributed by atoms with Gasteiger partial charge >= 0.3 is 5.97 Å². The highest BCUT2D eigenvalue weighted by atomic mass is 16.5. The fourth-order valence-electron chi connectivity index (χ4n) is 1.78. The Labute approximate surface area is 118 Å². The molecule has 0 aliphatic heterocycles. The molecule has 0 fully saturated rings. The molecule has 4 nitrogen and oxygen atoms in total. The summed E-state index contributed by atoms with van der Waals surface area (Å²) in [5.74, 6) is -0.277. The first-order valence-electron chi connectivity index (χ1n) is 6.28. The van der Waals surface area contributed by atoms with E-state index in [4.69, 9.17) is 9.84 Å². The van der Waals surface area contributed by atoms with Crippen molar-refractivity contribution in [1.29, 1.82) is 0 Å². The Balaban J connectivity index is 2.01. The molecule has 0 bridgehead atoms. The van der Waals surface area contributed by atoms with E-state index in [0.29, 0.717) is 12.4 Å². The summed E-state index contributed by atoms with van der Waals surface area (Å²) in [6.07, 6.45) is 0. The zero-order chi connectivity index (χ0) is 14.5. The zero-order valence-electron chi connectivity index (χ0n) is 11.5. The molecule has 0 aromatic heterocycles. The molecule has 4 heteroatoms. The molecule has 0 unspecified atom stereocenters. The van der Waals surface area contributed by atoms with E-state index in [0.717, 1.165) is 11.3 Å². The van der Waals surface area contributed by atoms with Crippen molar-refractivity contribution >= 4 is 11.7 Å². The molecule has 0 atom stereocenters. The second-order valence-electron chi connectivity index (χ2n) is 4.68. The maximum Gasteiger partial charge on any atom is 0.335 e. The third-order valence-corrected chi connectivity index (χ3v) is 2.93. The van der Waals surface area contributed by atoms with E-state index in [1.165, 1.54) is 12.1 Å². The van der Waals surface area contributed by atoms with E-state index < -0.39 is 5.97 Å². The lowest BCUT2D eigenvalue weighted by molar-refractivity contribution is 0.0697. The van der Waals surface area contributed by atoms with Gasteiger partial charge in [-0.05, 0) is 42.0 Å². The lowest BCUT2D eigenvalue weighted by Gasteiger charge is -2.14. The minimum atomic E-state index is -0.935. The van der Waals surface area contributed by atoms with Crippen molar-refractivity contribution in [3.8, 4) is 5.75 Å². The number of benzene rings is 2. The van der Waals surface area contributed by atoms with Crippen molar-refractivity contribution in [3.05, 3.63) is 59.7 Å². The number of carboxylic acids is 1. The van der Waals surface area contributed by atoms with Crippen LogP contribution in [0.15, 0.2) is 48.5 Å². The molecule has 0 heterocycles. The van der Waals surface area contributed by atoms with Gasteiger partial charge in [0.05, 0.1) is 5.56 Å². The zero-order valence-corrected chi connectivity index (χ0v) is 11.5. The maximum atomic E-state index is 10.7. The normalized spacial score (nSPS) is 10.1. The summed E-state index contributed by atoms with van der Waals surface area (Å²) in [5, 5.41) is 8.82. The van der Waals surface area contributed by atoms with E-state index in [1.54, 1.807) is 12.1 Å². The molecule has 0 aliphatic rings. The number of aromatic carboxylic acids is 1. The van der Waals surface area contributed by atoms with Gasteiger partial charge in [0.1, 0.15) is 12.4 Å². The molecule has 0 radical (unpaired) electrons. The van der Waals surface area contributed by atoms with Crippen LogP contribution >= 0.6 is 0 Å². The monoisotopic (exact) mass is 271 g/mol. The topological polar surface area (TPSA) is 49.8 Å². The average Bonchev–Trinajstić information content (AvgIpc) is 2.46. The molecular formula is C16H17NO3. The lowest BCUT2D eigenvalue weighted by Crippen LogP contribution is -2.09. The molecule has 2 aromatic carbocycles. The van der Waals surface area contributed by atoms with Gasteiger partial charge in [-0.1, -0.05) is 12.1 Å². The molecule has 104 valence electrons. The van der Waals surface area contributed by atoms with Gasteiger partial charge in [0.2, 0.25) is 0 Å². The third-order valence-electron chi connectivity index (χ3n) is 2.93. The smallest absolute Gasteiger partial charge is 0.335 e. The van der Waals surface area contributed by atoms with Crippen LogP contribution in [-0.4, -0.2) is 25.2 Å². The van der Waals surface area contributed by atoms with Crippen LogP contribution in [0.4, 0.5) is 5.69 Å². The first-order chi connectivity index (χ1) is 9.56. The number of hydrogen-bond donors (Lipinski definition) is 1. The number of nitrogens with zero attached hydrogens (tertiary/aromatic N) is 1. The summed E-state index contributed by atoms with van der Waals surface area (Å²) in [6, 6.07) is 14.5. The van der Waals surface area contributed by atoms with E-state index >= 15 is 0 Å². The van der Waals surface area contributed by atoms with Gasteiger partial charge in [0, 0.05) is 19.8 Å². The van der Waals surface area contributed by atoms with Crippen LogP contribution in [0.3, 0.4) is 0 Å². The number of carbonyl (C=O) groups is 1. The summed E-state index contributed by atoms with van der Waals surface area (Å²) >= 11 is 0. The van der Waals surface area contributed by atoms with Crippen molar-refractivity contribution in [3.63, 3.8) is 0 Å². The van der Waals surface area contributed by atoms with Gasteiger partial charge < -0.3 is 14.7 Å². The van der Waals surface area contributed by atoms with Gasteiger partial charge in [0.25, 0.3) is 0 Å². The van der Waals surface area contributed by atoms with Crippen molar-refractivity contribution in [2.45, 2.75) is 6.61 Å². The van der Waals surface area contributed by atoms with Crippen molar-refractivity contribution in [1.82, 2.24) is 0 Å². The fraction of sp³-hybridized carbons (Fsp3) is 0.188. The molecular weight excluding hydrogens is 254 g/mol. The van der Waals surface area contributed by atoms with Crippen LogP contribution in [0.2, 0.25) is 0 Å². The molecule has 0 aliphatic carbocycles. The predicted molar refractivity (Wildman–Crippen MR) is 78.5 cm³/mol. The van der Waals surface area contributed by atoms with Crippen LogP contribution in [0.25, 0.3) is 0 Å². The number of anilines is 1. The summed E-state index contributed by atoms with van der Waals surface area (Å²) in [6.45, 7) is 0.452. The van der Waals surface area contributed by atoms with Gasteiger partial charge in [0.15, 0.2) is 0 Å². The average molecular weight is 271 g/mol. The van der Waals surface area contributed by atoms with E-state index in [2.05, 4.69) is 6.07 Å². The maximum absolute atomic E-state index is 10.7. The van der Waals surface area contributed by atoms with Gasteiger partial charge in [-0.25, -0.2) is 4.79 Å². The largest absolute Gasteiger partial charge is 0.489 e. The SMILES string of the molecule is CN(C)c1cccc(COc2ccc(C(=O)O)cc2)c1. The summed E-state index contributed by atoms with van der Waals surface area (Å²) in [4.78, 5) is 12.8. The fourth-order valence-corrected chi connectivity index (χ4v) is 1.78. The minimum Gasteiger partial charge on any atom is -0.489 e. The third kappa shape index (κ3) is 3.51. The first-order valence-corrected chi connectivity index (χ1v) is 6.28. The summed E-state index contributed by atoms with van der Waals surface area (Å²) in [5.41, 5.74) is 2.44. The molecule has 0 amide bonds. The van der Waals surface area contributed by atoms with Crippen LogP contribution in [0.1, 0.15) is 15.9 Å². The van der Waals surface area contributed by atoms with E-state index in [-0.39, 0.29) is 5.56 Å². The lowest BCUT2D eigenvalue weighted by atomic mass is 10.2. The Bertz CT molecular complexity index is 591. The Hall–Kier alpha value is -2.49. The van der Waals surface area contributed by atoms with E-state index in [1.807, 2.05) is 37.2 Å². The minimum absolute atomic E-state index is 0.256. The molecule has 0 saturated heterocycles. The van der Waals surface area contributed by atoms with Crippen molar-refractivity contribution in [2.75, 3.05) is 19.0 Å². The molecule has 2 rings (SSSR count). The predicted octanol–water partition coefficient (Wildman–Crippen LogP) is 3.03. The molecule has 1 N–H and O–H groups in total. The van der Waals surface area contributed by atoms with Crippen molar-refractivity contribution in [2.24, 2.45) is 0 Å². The van der Waals surface area contributed by atoms with Gasteiger partial charge in [-0.3, -0.25) is 0 Å². The Morgan fingerprint density at radius 1 is 1.15 bits per heavy atom. The highest BCUT2D eigenvalue weighted by molar-refractivity contribution is 5.87. The quantitative estimate of drug-likeness (QED) is 0.908. The first kappa shape index (κ1) is 13.9. The highest BCUT2D eigenvalue weighted by Gasteiger charge is 2.03. The second-order valence-corrected chi connectivity index (χ2v) is 4.68. The summed E-state index contributed by atoms with van der Waals surface area (Å²) < 4.78 is 5.65. The molecule has 0 saturated carbocycles. The molecule has 20 heavy (non-hydrogen) atoms. The van der Waals surface area contributed by atoms with Crippen molar-refractivity contribution < 1.29 is 14.6 Å². The summed E-state index contributed by atoms with van der Waals surface area (Å²) in [7, 11) is 3.98. The standard InChI is InChI=1S/C16H17NO3/c1-17(2)14-5-3-4-12(10-14)11-20-15-8-6-13(7-9-15)16(18)19/h3-10H,11H2,1-2H3,(H,18,19). The molecule has 0 spiro atoms. The van der Waals surface area contributed by atoms with E-state index in [9.17, 15) is 4.79 Å². The number of ether oxygens (including phenoxy) is 1. The molecule has 2 aromatic rings. The number of hydrogen-bond acceptors (Lipinski definition) is 3. The van der Waals surface area contributed by atoms with Gasteiger partial charge in [-0.15, -0.1) is 0 Å². The Morgan fingerprint density at radius 2 is 1.85 bits per heavy atom. The highest BCUT2D eigenvalue weighted by Crippen LogP contribution is 2.17.